The molecule has 106 valence electrons. The quantitative estimate of drug-likeness (QED) is 0.888. The van der Waals surface area contributed by atoms with E-state index in [4.69, 9.17) is 5.73 Å². The molecule has 0 aliphatic heterocycles. The Labute approximate surface area is 118 Å². The van der Waals surface area contributed by atoms with Crippen LogP contribution in [0.5, 0.6) is 0 Å². The van der Waals surface area contributed by atoms with Gasteiger partial charge in [0.25, 0.3) is 0 Å². The third-order valence-electron chi connectivity index (χ3n) is 3.56. The van der Waals surface area contributed by atoms with Crippen molar-refractivity contribution in [2.75, 3.05) is 0 Å². The molecule has 0 radical (unpaired) electrons. The average Bonchev–Trinajstić information content (AvgIpc) is 2.43. The summed E-state index contributed by atoms with van der Waals surface area (Å²) < 4.78 is 27.7. The van der Waals surface area contributed by atoms with Crippen LogP contribution in [0.25, 0.3) is 0 Å². The van der Waals surface area contributed by atoms with Crippen LogP contribution in [0.3, 0.4) is 0 Å². The zero-order valence-electron chi connectivity index (χ0n) is 11.8. The molecule has 0 saturated carbocycles. The van der Waals surface area contributed by atoms with Crippen LogP contribution in [-0.4, -0.2) is 0 Å². The number of hydrogen-bond acceptors (Lipinski definition) is 1. The van der Waals surface area contributed by atoms with Crippen molar-refractivity contribution in [3.8, 4) is 0 Å². The van der Waals surface area contributed by atoms with Crippen LogP contribution < -0.4 is 5.73 Å². The molecular weight excluding hydrogens is 256 g/mol. The van der Waals surface area contributed by atoms with Crippen LogP contribution in [0.2, 0.25) is 0 Å². The van der Waals surface area contributed by atoms with E-state index in [9.17, 15) is 8.78 Å². The monoisotopic (exact) mass is 275 g/mol. The highest BCUT2D eigenvalue weighted by atomic mass is 19.1. The SMILES string of the molecule is Cc1ccc(CCC(N)c2c(F)ccc(C)c2F)cc1. The minimum Gasteiger partial charge on any atom is -0.324 e. The van der Waals surface area contributed by atoms with Gasteiger partial charge in [-0.05, 0) is 43.9 Å². The van der Waals surface area contributed by atoms with Crippen molar-refractivity contribution in [2.45, 2.75) is 32.7 Å². The van der Waals surface area contributed by atoms with Gasteiger partial charge in [-0.25, -0.2) is 8.78 Å². The van der Waals surface area contributed by atoms with E-state index in [0.717, 1.165) is 5.56 Å². The van der Waals surface area contributed by atoms with Gasteiger partial charge in [-0.15, -0.1) is 0 Å². The molecule has 2 N–H and O–H groups in total. The molecular formula is C17H19F2N. The first-order valence-electron chi connectivity index (χ1n) is 6.74. The molecule has 0 amide bonds. The molecule has 0 bridgehead atoms. The van der Waals surface area contributed by atoms with E-state index in [1.807, 2.05) is 31.2 Å². The fourth-order valence-electron chi connectivity index (χ4n) is 2.24. The van der Waals surface area contributed by atoms with Gasteiger partial charge in [-0.3, -0.25) is 0 Å². The predicted molar refractivity (Wildman–Crippen MR) is 77.5 cm³/mol. The largest absolute Gasteiger partial charge is 0.324 e. The van der Waals surface area contributed by atoms with Crippen molar-refractivity contribution < 1.29 is 8.78 Å². The molecule has 0 saturated heterocycles. The van der Waals surface area contributed by atoms with Gasteiger partial charge in [0, 0.05) is 11.6 Å². The summed E-state index contributed by atoms with van der Waals surface area (Å²) in [6.45, 7) is 3.64. The molecule has 0 aromatic heterocycles. The van der Waals surface area contributed by atoms with Gasteiger partial charge >= 0.3 is 0 Å². The highest BCUT2D eigenvalue weighted by Gasteiger charge is 2.18. The minimum absolute atomic E-state index is 0.00267. The van der Waals surface area contributed by atoms with Gasteiger partial charge in [-0.1, -0.05) is 35.9 Å². The first-order chi connectivity index (χ1) is 9.49. The first-order valence-corrected chi connectivity index (χ1v) is 6.74. The van der Waals surface area contributed by atoms with Crippen molar-refractivity contribution in [3.63, 3.8) is 0 Å². The number of rotatable bonds is 4. The zero-order valence-corrected chi connectivity index (χ0v) is 11.8. The summed E-state index contributed by atoms with van der Waals surface area (Å²) in [5.74, 6) is -1.09. The second kappa shape index (κ2) is 6.14. The molecule has 0 heterocycles. The topological polar surface area (TPSA) is 26.0 Å². The first kappa shape index (κ1) is 14.7. The third kappa shape index (κ3) is 3.23. The maximum atomic E-state index is 14.0. The molecule has 2 aromatic carbocycles. The van der Waals surface area contributed by atoms with Crippen LogP contribution in [0.4, 0.5) is 8.78 Å². The maximum absolute atomic E-state index is 14.0. The number of hydrogen-bond donors (Lipinski definition) is 1. The van der Waals surface area contributed by atoms with Gasteiger partial charge in [0.05, 0.1) is 0 Å². The summed E-state index contributed by atoms with van der Waals surface area (Å²) in [4.78, 5) is 0. The Bertz CT molecular complexity index is 591. The molecule has 20 heavy (non-hydrogen) atoms. The molecule has 2 aromatic rings. The summed E-state index contributed by atoms with van der Waals surface area (Å²) >= 11 is 0. The van der Waals surface area contributed by atoms with Gasteiger partial charge in [-0.2, -0.15) is 0 Å². The lowest BCUT2D eigenvalue weighted by molar-refractivity contribution is 0.508. The molecule has 0 aliphatic carbocycles. The van der Waals surface area contributed by atoms with E-state index in [1.165, 1.54) is 17.7 Å². The molecule has 2 rings (SSSR count). The number of aryl methyl sites for hydroxylation is 3. The molecule has 1 nitrogen and oxygen atoms in total. The van der Waals surface area contributed by atoms with E-state index in [-0.39, 0.29) is 5.56 Å². The lowest BCUT2D eigenvalue weighted by atomic mass is 9.97. The van der Waals surface area contributed by atoms with Crippen molar-refractivity contribution in [2.24, 2.45) is 5.73 Å². The fourth-order valence-corrected chi connectivity index (χ4v) is 2.24. The molecule has 0 fully saturated rings. The normalized spacial score (nSPS) is 12.4. The summed E-state index contributed by atoms with van der Waals surface area (Å²) in [6, 6.07) is 10.2. The molecule has 1 unspecified atom stereocenters. The molecule has 1 atom stereocenters. The van der Waals surface area contributed by atoms with Crippen LogP contribution in [-0.2, 0) is 6.42 Å². The smallest absolute Gasteiger partial charge is 0.133 e. The Morgan fingerprint density at radius 1 is 1.00 bits per heavy atom. The highest BCUT2D eigenvalue weighted by Crippen LogP contribution is 2.25. The van der Waals surface area contributed by atoms with Crippen LogP contribution in [0, 0.1) is 25.5 Å². The van der Waals surface area contributed by atoms with E-state index < -0.39 is 17.7 Å². The van der Waals surface area contributed by atoms with Gasteiger partial charge < -0.3 is 5.73 Å². The average molecular weight is 275 g/mol. The minimum atomic E-state index is -0.629. The molecule has 0 aliphatic rings. The molecule has 3 heteroatoms. The third-order valence-corrected chi connectivity index (χ3v) is 3.56. The Hall–Kier alpha value is -1.74. The highest BCUT2D eigenvalue weighted by molar-refractivity contribution is 5.29. The summed E-state index contributed by atoms with van der Waals surface area (Å²) in [6.07, 6.45) is 1.22. The van der Waals surface area contributed by atoms with Crippen LogP contribution in [0.15, 0.2) is 36.4 Å². The van der Waals surface area contributed by atoms with Gasteiger partial charge in [0.2, 0.25) is 0 Å². The van der Waals surface area contributed by atoms with Crippen LogP contribution in [0.1, 0.15) is 34.7 Å². The Morgan fingerprint density at radius 3 is 2.30 bits per heavy atom. The summed E-state index contributed by atoms with van der Waals surface area (Å²) in [7, 11) is 0. The van der Waals surface area contributed by atoms with E-state index in [0.29, 0.717) is 18.4 Å². The van der Waals surface area contributed by atoms with Crippen molar-refractivity contribution in [1.29, 1.82) is 0 Å². The number of nitrogens with two attached hydrogens (primary N) is 1. The number of benzene rings is 2. The van der Waals surface area contributed by atoms with E-state index in [2.05, 4.69) is 0 Å². The molecule has 0 spiro atoms. The van der Waals surface area contributed by atoms with Crippen molar-refractivity contribution >= 4 is 0 Å². The summed E-state index contributed by atoms with van der Waals surface area (Å²) in [5.41, 5.74) is 8.70. The number of halogens is 2. The van der Waals surface area contributed by atoms with Gasteiger partial charge in [0.1, 0.15) is 11.6 Å². The van der Waals surface area contributed by atoms with Crippen molar-refractivity contribution in [3.05, 3.63) is 70.3 Å². The predicted octanol–water partition coefficient (Wildman–Crippen LogP) is 4.21. The Balaban J connectivity index is 2.11. The second-order valence-electron chi connectivity index (χ2n) is 5.22. The Kier molecular flexibility index (Phi) is 4.50. The maximum Gasteiger partial charge on any atom is 0.133 e. The Morgan fingerprint density at radius 2 is 1.65 bits per heavy atom. The summed E-state index contributed by atoms with van der Waals surface area (Å²) in [5, 5.41) is 0. The fraction of sp³-hybridized carbons (Fsp3) is 0.294. The second-order valence-corrected chi connectivity index (χ2v) is 5.22. The van der Waals surface area contributed by atoms with Crippen molar-refractivity contribution in [1.82, 2.24) is 0 Å². The van der Waals surface area contributed by atoms with Gasteiger partial charge in [0.15, 0.2) is 0 Å². The van der Waals surface area contributed by atoms with E-state index >= 15 is 0 Å². The standard InChI is InChI=1S/C17H19F2N/c1-11-3-6-13(7-4-11)8-10-15(20)16-14(18)9-5-12(2)17(16)19/h3-7,9,15H,8,10,20H2,1-2H3. The van der Waals surface area contributed by atoms with Crippen LogP contribution >= 0.6 is 0 Å². The lowest BCUT2D eigenvalue weighted by Gasteiger charge is -2.15. The zero-order chi connectivity index (χ0) is 14.7. The van der Waals surface area contributed by atoms with E-state index in [1.54, 1.807) is 6.92 Å². The lowest BCUT2D eigenvalue weighted by Crippen LogP contribution is -2.16.